The van der Waals surface area contributed by atoms with Gasteiger partial charge in [-0.1, -0.05) is 301 Å². The summed E-state index contributed by atoms with van der Waals surface area (Å²) >= 11 is 0. The summed E-state index contributed by atoms with van der Waals surface area (Å²) in [6, 6.07) is -0.626. The van der Waals surface area contributed by atoms with Crippen molar-refractivity contribution < 1.29 is 24.5 Å². The summed E-state index contributed by atoms with van der Waals surface area (Å²) in [5.41, 5.74) is 0. The highest BCUT2D eigenvalue weighted by Gasteiger charge is 2.18. The lowest BCUT2D eigenvalue weighted by atomic mass is 10.0. The van der Waals surface area contributed by atoms with E-state index in [0.29, 0.717) is 19.4 Å². The maximum absolute atomic E-state index is 12.5. The van der Waals surface area contributed by atoms with Crippen LogP contribution in [0.15, 0.2) is 36.5 Å². The fraction of sp³-hybridized carbons (Fsp3) is 0.877. The molecule has 0 aromatic carbocycles. The quantitative estimate of drug-likeness (QED) is 0.0321. The van der Waals surface area contributed by atoms with Gasteiger partial charge >= 0.3 is 5.97 Å². The smallest absolute Gasteiger partial charge is 0.305 e. The highest BCUT2D eigenvalue weighted by atomic mass is 16.5. The van der Waals surface area contributed by atoms with Crippen LogP contribution in [0, 0.1) is 0 Å². The lowest BCUT2D eigenvalue weighted by molar-refractivity contribution is -0.143. The van der Waals surface area contributed by atoms with E-state index in [2.05, 4.69) is 43.5 Å². The third-order valence-electron chi connectivity index (χ3n) is 14.7. The molecule has 0 aliphatic rings. The number of hydrogen-bond donors (Lipinski definition) is 3. The van der Waals surface area contributed by atoms with E-state index in [-0.39, 0.29) is 18.5 Å². The van der Waals surface area contributed by atoms with Crippen LogP contribution in [0.4, 0.5) is 0 Å². The molecule has 0 aromatic heterocycles. The van der Waals surface area contributed by atoms with Crippen molar-refractivity contribution in [1.29, 1.82) is 0 Å². The molecule has 6 heteroatoms. The standard InChI is InChI=1S/C65H123NO5/c1-3-5-7-9-11-13-15-17-18-31-35-39-43-47-51-55-59-65(70)71-60-56-52-48-44-40-36-32-29-27-25-23-21-19-20-22-24-26-28-30-34-38-42-46-50-54-58-64(69)66-62(61-67)63(68)57-53-49-45-41-37-33-16-14-12-10-8-6-4-2/h13,15,18,31,53,57,62-63,67-68H,3-12,14,16-17,19-30,32-52,54-56,58-61H2,1-2H3,(H,66,69)/b15-13-,31-18-,57-53+. The first kappa shape index (κ1) is 69.1. The molecule has 0 aliphatic carbocycles. The molecule has 418 valence electrons. The molecule has 71 heavy (non-hydrogen) atoms. The van der Waals surface area contributed by atoms with Gasteiger partial charge in [-0.15, -0.1) is 0 Å². The van der Waals surface area contributed by atoms with Gasteiger partial charge in [0.2, 0.25) is 5.91 Å². The number of allylic oxidation sites excluding steroid dienone is 5. The Morgan fingerprint density at radius 3 is 1.08 bits per heavy atom. The molecule has 0 saturated carbocycles. The van der Waals surface area contributed by atoms with Gasteiger partial charge in [-0.05, 0) is 64.2 Å². The minimum Gasteiger partial charge on any atom is -0.466 e. The van der Waals surface area contributed by atoms with E-state index in [4.69, 9.17) is 4.74 Å². The van der Waals surface area contributed by atoms with Gasteiger partial charge in [0.15, 0.2) is 0 Å². The Morgan fingerprint density at radius 1 is 0.394 bits per heavy atom. The molecule has 0 saturated heterocycles. The van der Waals surface area contributed by atoms with Crippen LogP contribution in [-0.2, 0) is 14.3 Å². The summed E-state index contributed by atoms with van der Waals surface area (Å²) in [4.78, 5) is 24.5. The normalized spacial score (nSPS) is 12.8. The number of aliphatic hydroxyl groups excluding tert-OH is 2. The van der Waals surface area contributed by atoms with Crippen LogP contribution < -0.4 is 5.32 Å². The van der Waals surface area contributed by atoms with Crippen LogP contribution >= 0.6 is 0 Å². The average molecular weight is 999 g/mol. The average Bonchev–Trinajstić information content (AvgIpc) is 3.37. The third-order valence-corrected chi connectivity index (χ3v) is 14.7. The van der Waals surface area contributed by atoms with Gasteiger partial charge in [0.25, 0.3) is 0 Å². The van der Waals surface area contributed by atoms with E-state index < -0.39 is 12.1 Å². The lowest BCUT2D eigenvalue weighted by Gasteiger charge is -2.20. The summed E-state index contributed by atoms with van der Waals surface area (Å²) in [5.74, 6) is -0.0634. The van der Waals surface area contributed by atoms with Crippen molar-refractivity contribution in [2.24, 2.45) is 0 Å². The third kappa shape index (κ3) is 57.2. The molecule has 0 radical (unpaired) electrons. The Morgan fingerprint density at radius 2 is 0.704 bits per heavy atom. The van der Waals surface area contributed by atoms with Crippen molar-refractivity contribution >= 4 is 11.9 Å². The number of carbonyl (C=O) groups excluding carboxylic acids is 2. The molecule has 0 spiro atoms. The van der Waals surface area contributed by atoms with Gasteiger partial charge in [-0.3, -0.25) is 9.59 Å². The zero-order valence-corrected chi connectivity index (χ0v) is 47.7. The first-order valence-corrected chi connectivity index (χ1v) is 31.8. The number of aliphatic hydroxyl groups is 2. The molecular formula is C65H123NO5. The van der Waals surface area contributed by atoms with Gasteiger partial charge in [0, 0.05) is 12.8 Å². The molecule has 0 aliphatic heterocycles. The van der Waals surface area contributed by atoms with Crippen LogP contribution in [-0.4, -0.2) is 47.4 Å². The van der Waals surface area contributed by atoms with E-state index in [1.54, 1.807) is 6.08 Å². The Balaban J connectivity index is 3.37. The first-order valence-electron chi connectivity index (χ1n) is 31.8. The number of amides is 1. The van der Waals surface area contributed by atoms with Crippen LogP contribution in [0.5, 0.6) is 0 Å². The second-order valence-corrected chi connectivity index (χ2v) is 21.7. The number of unbranched alkanes of at least 4 members (excludes halogenated alkanes) is 44. The van der Waals surface area contributed by atoms with Crippen LogP contribution in [0.3, 0.4) is 0 Å². The summed E-state index contributed by atoms with van der Waals surface area (Å²) in [7, 11) is 0. The number of nitrogens with one attached hydrogen (secondary N) is 1. The molecule has 0 rings (SSSR count). The molecule has 3 N–H and O–H groups in total. The second-order valence-electron chi connectivity index (χ2n) is 21.7. The number of carbonyl (C=O) groups is 2. The zero-order chi connectivity index (χ0) is 51.4. The fourth-order valence-corrected chi connectivity index (χ4v) is 9.78. The summed E-state index contributed by atoms with van der Waals surface area (Å²) < 4.78 is 5.49. The molecule has 0 heterocycles. The largest absolute Gasteiger partial charge is 0.466 e. The van der Waals surface area contributed by atoms with Crippen LogP contribution in [0.2, 0.25) is 0 Å². The van der Waals surface area contributed by atoms with Gasteiger partial charge < -0.3 is 20.3 Å². The van der Waals surface area contributed by atoms with Gasteiger partial charge in [0.1, 0.15) is 0 Å². The summed E-state index contributed by atoms with van der Waals surface area (Å²) in [6.07, 6.45) is 76.2. The number of rotatable bonds is 59. The number of hydrogen-bond acceptors (Lipinski definition) is 5. The van der Waals surface area contributed by atoms with Crippen molar-refractivity contribution in [1.82, 2.24) is 5.32 Å². The van der Waals surface area contributed by atoms with E-state index in [9.17, 15) is 19.8 Å². The van der Waals surface area contributed by atoms with E-state index >= 15 is 0 Å². The monoisotopic (exact) mass is 998 g/mol. The minimum atomic E-state index is -0.842. The van der Waals surface area contributed by atoms with Crippen molar-refractivity contribution in [2.75, 3.05) is 13.2 Å². The second kappa shape index (κ2) is 60.6. The van der Waals surface area contributed by atoms with Crippen molar-refractivity contribution in [3.8, 4) is 0 Å². The van der Waals surface area contributed by atoms with Gasteiger partial charge in [0.05, 0.1) is 25.4 Å². The Hall–Kier alpha value is -1.92. The number of esters is 1. The van der Waals surface area contributed by atoms with Crippen molar-refractivity contribution in [3.63, 3.8) is 0 Å². The molecule has 1 amide bonds. The molecular weight excluding hydrogens is 875 g/mol. The maximum Gasteiger partial charge on any atom is 0.305 e. The predicted octanol–water partition coefficient (Wildman–Crippen LogP) is 20.0. The molecule has 2 unspecified atom stereocenters. The minimum absolute atomic E-state index is 0.00248. The highest BCUT2D eigenvalue weighted by molar-refractivity contribution is 5.76. The Kier molecular flexibility index (Phi) is 59.0. The van der Waals surface area contributed by atoms with Crippen LogP contribution in [0.25, 0.3) is 0 Å². The molecule has 0 aromatic rings. The summed E-state index contributed by atoms with van der Waals surface area (Å²) in [6.45, 7) is 4.89. The fourth-order valence-electron chi connectivity index (χ4n) is 9.78. The van der Waals surface area contributed by atoms with Crippen molar-refractivity contribution in [2.45, 2.75) is 353 Å². The SMILES string of the molecule is CCCCCC/C=C\C/C=C\CCCCCCCC(=O)OCCCCCCCCCCCCCCCCCCCCCCCCCCCC(=O)NC(CO)C(O)/C=C/CCCCCCCCCCCCC. The van der Waals surface area contributed by atoms with Gasteiger partial charge in [-0.25, -0.2) is 0 Å². The number of ether oxygens (including phenoxy) is 1. The maximum atomic E-state index is 12.5. The molecule has 6 nitrogen and oxygen atoms in total. The van der Waals surface area contributed by atoms with E-state index in [0.717, 1.165) is 51.4 Å². The Bertz CT molecular complexity index is 1150. The van der Waals surface area contributed by atoms with Crippen molar-refractivity contribution in [3.05, 3.63) is 36.5 Å². The first-order chi connectivity index (χ1) is 35.0. The molecule has 2 atom stereocenters. The lowest BCUT2D eigenvalue weighted by Crippen LogP contribution is -2.45. The van der Waals surface area contributed by atoms with Gasteiger partial charge in [-0.2, -0.15) is 0 Å². The van der Waals surface area contributed by atoms with E-state index in [1.807, 2.05) is 6.08 Å². The van der Waals surface area contributed by atoms with E-state index in [1.165, 1.54) is 263 Å². The molecule has 0 fully saturated rings. The highest BCUT2D eigenvalue weighted by Crippen LogP contribution is 2.18. The molecule has 0 bridgehead atoms. The Labute approximate surface area is 443 Å². The zero-order valence-electron chi connectivity index (χ0n) is 47.7. The predicted molar refractivity (Wildman–Crippen MR) is 310 cm³/mol. The summed E-state index contributed by atoms with van der Waals surface area (Å²) in [5, 5.41) is 23.1. The van der Waals surface area contributed by atoms with Crippen LogP contribution in [0.1, 0.15) is 341 Å². The topological polar surface area (TPSA) is 95.9 Å².